The van der Waals surface area contributed by atoms with Crippen molar-refractivity contribution in [3.8, 4) is 0 Å². The van der Waals surface area contributed by atoms with E-state index in [1.54, 1.807) is 0 Å². The normalized spacial score (nSPS) is 13.5. The van der Waals surface area contributed by atoms with Crippen LogP contribution < -0.4 is 5.32 Å². The highest BCUT2D eigenvalue weighted by atomic mass is 19.1. The van der Waals surface area contributed by atoms with Crippen LogP contribution in [0.25, 0.3) is 0 Å². The van der Waals surface area contributed by atoms with Gasteiger partial charge < -0.3 is 20.1 Å². The van der Waals surface area contributed by atoms with Gasteiger partial charge >= 0.3 is 11.9 Å². The van der Waals surface area contributed by atoms with Gasteiger partial charge in [-0.25, -0.2) is 13.8 Å². The fourth-order valence-electron chi connectivity index (χ4n) is 2.97. The van der Waals surface area contributed by atoms with Gasteiger partial charge in [-0.1, -0.05) is 13.8 Å². The van der Waals surface area contributed by atoms with E-state index in [0.717, 1.165) is 18.2 Å². The summed E-state index contributed by atoms with van der Waals surface area (Å²) in [5.41, 5.74) is 0.621. The van der Waals surface area contributed by atoms with Crippen molar-refractivity contribution < 1.29 is 28.6 Å². The second-order valence-electron chi connectivity index (χ2n) is 7.04. The topological polar surface area (TPSA) is 104 Å². The van der Waals surface area contributed by atoms with Crippen LogP contribution in [0.5, 0.6) is 0 Å². The van der Waals surface area contributed by atoms with Crippen LogP contribution in [0.2, 0.25) is 0 Å². The van der Waals surface area contributed by atoms with Gasteiger partial charge in [-0.2, -0.15) is 0 Å². The number of carboxylic acids is 2. The third kappa shape index (κ3) is 5.85. The van der Waals surface area contributed by atoms with E-state index < -0.39 is 35.5 Å². The SMILES string of the molecule is CC(C)CC(NCC(C(=O)O)c1cncn1Cc1cc(F)cc(F)c1)C(=O)O. The summed E-state index contributed by atoms with van der Waals surface area (Å²) in [7, 11) is 0. The number of carboxylic acid groups (broad SMARTS) is 2. The first-order valence-corrected chi connectivity index (χ1v) is 8.81. The smallest absolute Gasteiger partial charge is 0.320 e. The molecular formula is C19H23F2N3O4. The van der Waals surface area contributed by atoms with Crippen LogP contribution in [0.1, 0.15) is 37.4 Å². The summed E-state index contributed by atoms with van der Waals surface area (Å²) >= 11 is 0. The van der Waals surface area contributed by atoms with E-state index in [9.17, 15) is 28.6 Å². The third-order valence-electron chi connectivity index (χ3n) is 4.25. The van der Waals surface area contributed by atoms with Crippen molar-refractivity contribution in [1.29, 1.82) is 0 Å². The highest BCUT2D eigenvalue weighted by Crippen LogP contribution is 2.19. The van der Waals surface area contributed by atoms with Crippen LogP contribution in [0, 0.1) is 17.6 Å². The van der Waals surface area contributed by atoms with Crippen molar-refractivity contribution in [2.45, 2.75) is 38.8 Å². The van der Waals surface area contributed by atoms with E-state index >= 15 is 0 Å². The van der Waals surface area contributed by atoms with Crippen molar-refractivity contribution in [1.82, 2.24) is 14.9 Å². The first kappa shape index (κ1) is 21.5. The lowest BCUT2D eigenvalue weighted by Gasteiger charge is -2.20. The molecule has 1 aromatic heterocycles. The molecule has 0 spiro atoms. The molecule has 0 saturated carbocycles. The minimum Gasteiger partial charge on any atom is -0.481 e. The van der Waals surface area contributed by atoms with Crippen molar-refractivity contribution in [2.75, 3.05) is 6.54 Å². The Morgan fingerprint density at radius 2 is 1.79 bits per heavy atom. The minimum absolute atomic E-state index is 0.0299. The van der Waals surface area contributed by atoms with Crippen LogP contribution in [-0.4, -0.2) is 44.3 Å². The number of rotatable bonds is 10. The molecule has 28 heavy (non-hydrogen) atoms. The summed E-state index contributed by atoms with van der Waals surface area (Å²) < 4.78 is 28.3. The molecule has 1 aromatic carbocycles. The third-order valence-corrected chi connectivity index (χ3v) is 4.25. The fraction of sp³-hybridized carbons (Fsp3) is 0.421. The van der Waals surface area contributed by atoms with Gasteiger partial charge in [-0.05, 0) is 30.0 Å². The Labute approximate surface area is 161 Å². The predicted octanol–water partition coefficient (Wildman–Crippen LogP) is 2.47. The standard InChI is InChI=1S/C19H23F2N3O4/c1-11(2)3-16(19(27)28)23-7-15(18(25)26)17-8-22-10-24(17)9-12-4-13(20)6-14(21)5-12/h4-6,8,10-11,15-16,23H,3,7,9H2,1-2H3,(H,25,26)(H,27,28). The van der Waals surface area contributed by atoms with Gasteiger partial charge in [0.1, 0.15) is 23.6 Å². The van der Waals surface area contributed by atoms with Crippen molar-refractivity contribution in [3.05, 3.63) is 53.6 Å². The van der Waals surface area contributed by atoms with Crippen molar-refractivity contribution in [3.63, 3.8) is 0 Å². The quantitative estimate of drug-likeness (QED) is 0.571. The molecule has 9 heteroatoms. The average Bonchev–Trinajstić information content (AvgIpc) is 3.00. The molecule has 2 unspecified atom stereocenters. The second-order valence-corrected chi connectivity index (χ2v) is 7.04. The number of aromatic nitrogens is 2. The number of nitrogens with zero attached hydrogens (tertiary/aromatic N) is 2. The first-order valence-electron chi connectivity index (χ1n) is 8.81. The Balaban J connectivity index is 2.19. The molecule has 0 amide bonds. The predicted molar refractivity (Wildman–Crippen MR) is 96.9 cm³/mol. The Bertz CT molecular complexity index is 818. The molecular weight excluding hydrogens is 372 g/mol. The average molecular weight is 395 g/mol. The van der Waals surface area contributed by atoms with Gasteiger partial charge in [0.2, 0.25) is 0 Å². The summed E-state index contributed by atoms with van der Waals surface area (Å²) in [6.07, 6.45) is 3.08. The molecule has 3 N–H and O–H groups in total. The summed E-state index contributed by atoms with van der Waals surface area (Å²) in [6, 6.07) is 2.19. The van der Waals surface area contributed by atoms with E-state index in [1.807, 2.05) is 13.8 Å². The number of hydrogen-bond donors (Lipinski definition) is 3. The van der Waals surface area contributed by atoms with E-state index in [4.69, 9.17) is 0 Å². The van der Waals surface area contributed by atoms with Crippen molar-refractivity contribution in [2.24, 2.45) is 5.92 Å². The van der Waals surface area contributed by atoms with Gasteiger partial charge in [-0.3, -0.25) is 9.59 Å². The highest BCUT2D eigenvalue weighted by Gasteiger charge is 2.27. The lowest BCUT2D eigenvalue weighted by molar-refractivity contribution is -0.142. The zero-order valence-corrected chi connectivity index (χ0v) is 15.6. The molecule has 0 radical (unpaired) electrons. The molecule has 0 bridgehead atoms. The zero-order valence-electron chi connectivity index (χ0n) is 15.6. The maximum atomic E-state index is 13.4. The van der Waals surface area contributed by atoms with E-state index in [1.165, 1.54) is 17.1 Å². The van der Waals surface area contributed by atoms with E-state index in [-0.39, 0.29) is 19.0 Å². The molecule has 152 valence electrons. The number of halogens is 2. The Kier molecular flexibility index (Phi) is 7.22. The van der Waals surface area contributed by atoms with Crippen LogP contribution in [-0.2, 0) is 16.1 Å². The maximum absolute atomic E-state index is 13.4. The fourth-order valence-corrected chi connectivity index (χ4v) is 2.97. The monoisotopic (exact) mass is 395 g/mol. The Morgan fingerprint density at radius 1 is 1.14 bits per heavy atom. The minimum atomic E-state index is -1.16. The molecule has 0 aliphatic heterocycles. The summed E-state index contributed by atoms with van der Waals surface area (Å²) in [5.74, 6) is -4.63. The summed E-state index contributed by atoms with van der Waals surface area (Å²) in [4.78, 5) is 27.1. The van der Waals surface area contributed by atoms with E-state index in [0.29, 0.717) is 17.7 Å². The number of carbonyl (C=O) groups is 2. The van der Waals surface area contributed by atoms with Crippen molar-refractivity contribution >= 4 is 11.9 Å². The van der Waals surface area contributed by atoms with Gasteiger partial charge in [0.25, 0.3) is 0 Å². The summed E-state index contributed by atoms with van der Waals surface area (Å²) in [5, 5.41) is 21.7. The van der Waals surface area contributed by atoms with Crippen LogP contribution in [0.15, 0.2) is 30.7 Å². The van der Waals surface area contributed by atoms with Gasteiger partial charge in [0, 0.05) is 25.4 Å². The molecule has 7 nitrogen and oxygen atoms in total. The molecule has 1 heterocycles. The molecule has 0 fully saturated rings. The van der Waals surface area contributed by atoms with Crippen LogP contribution >= 0.6 is 0 Å². The molecule has 0 saturated heterocycles. The lowest BCUT2D eigenvalue weighted by atomic mass is 10.0. The largest absolute Gasteiger partial charge is 0.481 e. The van der Waals surface area contributed by atoms with Crippen LogP contribution in [0.3, 0.4) is 0 Å². The van der Waals surface area contributed by atoms with Gasteiger partial charge in [-0.15, -0.1) is 0 Å². The number of nitrogens with one attached hydrogen (secondary N) is 1. The molecule has 0 aliphatic carbocycles. The Morgan fingerprint density at radius 3 is 2.32 bits per heavy atom. The lowest BCUT2D eigenvalue weighted by Crippen LogP contribution is -2.41. The number of hydrogen-bond acceptors (Lipinski definition) is 4. The number of benzene rings is 1. The molecule has 0 aliphatic rings. The van der Waals surface area contributed by atoms with Gasteiger partial charge in [0.15, 0.2) is 0 Å². The maximum Gasteiger partial charge on any atom is 0.320 e. The molecule has 2 rings (SSSR count). The van der Waals surface area contributed by atoms with E-state index in [2.05, 4.69) is 10.3 Å². The van der Waals surface area contributed by atoms with Gasteiger partial charge in [0.05, 0.1) is 12.0 Å². The molecule has 2 atom stereocenters. The number of imidazole rings is 1. The Hall–Kier alpha value is -2.81. The zero-order chi connectivity index (χ0) is 20.8. The number of aliphatic carboxylic acids is 2. The highest BCUT2D eigenvalue weighted by molar-refractivity contribution is 5.76. The van der Waals surface area contributed by atoms with Crippen LogP contribution in [0.4, 0.5) is 8.78 Å². The summed E-state index contributed by atoms with van der Waals surface area (Å²) in [6.45, 7) is 3.66. The second kappa shape index (κ2) is 9.41. The first-order chi connectivity index (χ1) is 13.2. The molecule has 2 aromatic rings.